The Morgan fingerprint density at radius 1 is 0.486 bits per heavy atom. The van der Waals surface area contributed by atoms with Crippen LogP contribution in [0.15, 0.2) is 121 Å². The normalized spacial score (nSPS) is 17.3. The van der Waals surface area contributed by atoms with Crippen LogP contribution in [0.2, 0.25) is 24.6 Å². The zero-order chi connectivity index (χ0) is 24.5. The molecular formula is C32H32GeOSi. The Hall–Kier alpha value is -2.92. The van der Waals surface area contributed by atoms with Gasteiger partial charge in [0.1, 0.15) is 0 Å². The van der Waals surface area contributed by atoms with E-state index in [1.807, 2.05) is 0 Å². The van der Waals surface area contributed by atoms with E-state index in [0.717, 1.165) is 0 Å². The van der Waals surface area contributed by atoms with Crippen LogP contribution in [-0.2, 0) is 3.45 Å². The fourth-order valence-corrected chi connectivity index (χ4v) is 21.7. The standard InChI is InChI=1S/C32H32GeOSi/c1-33(2)31(27-21-13-7-14-22-27)29(25-17-9-5-10-18-25)30(26-19-11-6-12-20-26)32(35(3,4)34-33)28-23-15-8-16-24-28/h5-24H,1-4H3. The molecule has 174 valence electrons. The predicted octanol–water partition coefficient (Wildman–Crippen LogP) is 8.73. The summed E-state index contributed by atoms with van der Waals surface area (Å²) in [5.74, 6) is 4.85. The van der Waals surface area contributed by atoms with Crippen LogP contribution in [0.25, 0.3) is 20.7 Å². The van der Waals surface area contributed by atoms with Gasteiger partial charge in [0.15, 0.2) is 0 Å². The molecule has 3 heteroatoms. The Labute approximate surface area is 213 Å². The van der Waals surface area contributed by atoms with Crippen LogP contribution in [0.4, 0.5) is 0 Å². The van der Waals surface area contributed by atoms with Crippen molar-refractivity contribution in [2.45, 2.75) is 24.6 Å². The van der Waals surface area contributed by atoms with Gasteiger partial charge in [0.05, 0.1) is 0 Å². The Morgan fingerprint density at radius 3 is 1.31 bits per heavy atom. The predicted molar refractivity (Wildman–Crippen MR) is 155 cm³/mol. The van der Waals surface area contributed by atoms with Gasteiger partial charge in [-0.1, -0.05) is 0 Å². The summed E-state index contributed by atoms with van der Waals surface area (Å²) in [6.45, 7) is 4.78. The van der Waals surface area contributed by atoms with Crippen LogP contribution >= 0.6 is 0 Å². The van der Waals surface area contributed by atoms with E-state index in [4.69, 9.17) is 3.45 Å². The Bertz CT molecular complexity index is 1260. The second-order valence-electron chi connectivity index (χ2n) is 10.1. The second-order valence-corrected chi connectivity index (χ2v) is 22.5. The van der Waals surface area contributed by atoms with Gasteiger partial charge >= 0.3 is 214 Å². The molecule has 5 rings (SSSR count). The summed E-state index contributed by atoms with van der Waals surface area (Å²) >= 11 is -2.99. The van der Waals surface area contributed by atoms with E-state index >= 15 is 0 Å². The summed E-state index contributed by atoms with van der Waals surface area (Å²) in [5, 5.41) is 1.38. The zero-order valence-corrected chi connectivity index (χ0v) is 24.1. The SMILES string of the molecule is C[Si]1(C)[O][Ge]([CH3])([CH3])[C](c2ccccc2)=C(c2ccccc2)C(c2ccccc2)=C1c1ccccc1. The molecule has 0 aliphatic carbocycles. The molecule has 0 spiro atoms. The molecule has 1 aliphatic rings. The van der Waals surface area contributed by atoms with Crippen molar-refractivity contribution >= 4 is 42.7 Å². The van der Waals surface area contributed by atoms with Crippen molar-refractivity contribution < 1.29 is 3.45 Å². The Balaban J connectivity index is 2.02. The van der Waals surface area contributed by atoms with E-state index in [0.29, 0.717) is 0 Å². The van der Waals surface area contributed by atoms with Gasteiger partial charge in [-0.2, -0.15) is 0 Å². The molecule has 0 saturated carbocycles. The summed E-state index contributed by atoms with van der Waals surface area (Å²) in [6, 6.07) is 43.7. The van der Waals surface area contributed by atoms with E-state index in [-0.39, 0.29) is 0 Å². The number of rotatable bonds is 4. The number of hydrogen-bond donors (Lipinski definition) is 0. The van der Waals surface area contributed by atoms with Crippen LogP contribution in [0, 0.1) is 0 Å². The van der Waals surface area contributed by atoms with Gasteiger partial charge in [-0.05, 0) is 0 Å². The third kappa shape index (κ3) is 4.66. The van der Waals surface area contributed by atoms with E-state index < -0.39 is 21.9 Å². The first-order valence-electron chi connectivity index (χ1n) is 12.3. The molecule has 1 nitrogen and oxygen atoms in total. The zero-order valence-electron chi connectivity index (χ0n) is 21.0. The first-order chi connectivity index (χ1) is 16.9. The first kappa shape index (κ1) is 23.8. The maximum absolute atomic E-state index is 7.43. The monoisotopic (exact) mass is 534 g/mol. The maximum atomic E-state index is 7.43. The van der Waals surface area contributed by atoms with E-state index in [9.17, 15) is 0 Å². The molecule has 1 aliphatic heterocycles. The summed E-state index contributed by atoms with van der Waals surface area (Å²) in [4.78, 5) is 0. The molecule has 0 radical (unpaired) electrons. The molecule has 0 atom stereocenters. The van der Waals surface area contributed by atoms with E-state index in [1.54, 1.807) is 0 Å². The Kier molecular flexibility index (Phi) is 6.54. The molecule has 0 aromatic heterocycles. The van der Waals surface area contributed by atoms with Crippen molar-refractivity contribution in [1.82, 2.24) is 0 Å². The number of hydrogen-bond acceptors (Lipinski definition) is 1. The molecule has 1 heterocycles. The second kappa shape index (κ2) is 9.62. The van der Waals surface area contributed by atoms with Crippen LogP contribution < -0.4 is 0 Å². The van der Waals surface area contributed by atoms with Gasteiger partial charge in [-0.15, -0.1) is 0 Å². The van der Waals surface area contributed by atoms with E-state index in [1.165, 1.54) is 43.0 Å². The first-order valence-corrected chi connectivity index (χ1v) is 21.3. The molecule has 0 fully saturated rings. The van der Waals surface area contributed by atoms with Crippen molar-refractivity contribution in [3.8, 4) is 0 Å². The summed E-state index contributed by atoms with van der Waals surface area (Å²) in [6.07, 6.45) is 0. The third-order valence-electron chi connectivity index (χ3n) is 6.71. The quantitative estimate of drug-likeness (QED) is 0.239. The average Bonchev–Trinajstić information content (AvgIpc) is 2.94. The molecule has 0 N–H and O–H groups in total. The molecule has 4 aromatic carbocycles. The fourth-order valence-electron chi connectivity index (χ4n) is 5.57. The summed E-state index contributed by atoms with van der Waals surface area (Å²) < 4.78 is 8.85. The third-order valence-corrected chi connectivity index (χ3v) is 19.6. The number of benzene rings is 4. The van der Waals surface area contributed by atoms with Crippen LogP contribution in [0.1, 0.15) is 22.3 Å². The van der Waals surface area contributed by atoms with Crippen molar-refractivity contribution in [3.63, 3.8) is 0 Å². The van der Waals surface area contributed by atoms with Gasteiger partial charge < -0.3 is 0 Å². The molecular weight excluding hydrogens is 501 g/mol. The van der Waals surface area contributed by atoms with Crippen molar-refractivity contribution in [3.05, 3.63) is 144 Å². The van der Waals surface area contributed by atoms with Gasteiger partial charge in [0.2, 0.25) is 0 Å². The minimum atomic E-state index is -2.99. The van der Waals surface area contributed by atoms with Crippen LogP contribution in [0.3, 0.4) is 0 Å². The number of allylic oxidation sites excluding steroid dienone is 2. The molecule has 0 saturated heterocycles. The van der Waals surface area contributed by atoms with Crippen molar-refractivity contribution in [2.75, 3.05) is 0 Å². The fraction of sp³-hybridized carbons (Fsp3) is 0.125. The minimum absolute atomic E-state index is 1.25. The van der Waals surface area contributed by atoms with Crippen LogP contribution in [-0.4, -0.2) is 21.9 Å². The Morgan fingerprint density at radius 2 is 0.857 bits per heavy atom. The molecule has 35 heavy (non-hydrogen) atoms. The molecule has 0 amide bonds. The van der Waals surface area contributed by atoms with Crippen molar-refractivity contribution in [1.29, 1.82) is 0 Å². The topological polar surface area (TPSA) is 9.23 Å². The van der Waals surface area contributed by atoms with E-state index in [2.05, 4.69) is 146 Å². The molecule has 0 unspecified atom stereocenters. The van der Waals surface area contributed by atoms with Gasteiger partial charge in [-0.25, -0.2) is 0 Å². The molecule has 0 bridgehead atoms. The van der Waals surface area contributed by atoms with Crippen molar-refractivity contribution in [2.24, 2.45) is 0 Å². The van der Waals surface area contributed by atoms with Gasteiger partial charge in [0, 0.05) is 0 Å². The van der Waals surface area contributed by atoms with Gasteiger partial charge in [0.25, 0.3) is 0 Å². The molecule has 4 aromatic rings. The average molecular weight is 533 g/mol. The summed E-state index contributed by atoms with van der Waals surface area (Å²) in [5.41, 5.74) is 7.73. The van der Waals surface area contributed by atoms with Gasteiger partial charge in [-0.3, -0.25) is 0 Å². The summed E-state index contributed by atoms with van der Waals surface area (Å²) in [7, 11) is -2.32. The van der Waals surface area contributed by atoms with Crippen LogP contribution in [0.5, 0.6) is 0 Å².